The lowest BCUT2D eigenvalue weighted by Crippen LogP contribution is -2.48. The number of carbonyl (C=O) groups is 5. The molecular formula is C43H55ClN4O8S. The van der Waals surface area contributed by atoms with Gasteiger partial charge in [0.05, 0.1) is 22.5 Å². The van der Waals surface area contributed by atoms with Crippen LogP contribution in [-0.4, -0.2) is 77.9 Å². The molecule has 1 aromatic carbocycles. The number of benzene rings is 1. The quantitative estimate of drug-likeness (QED) is 0.171. The maximum atomic E-state index is 14.9. The van der Waals surface area contributed by atoms with Crippen molar-refractivity contribution in [2.24, 2.45) is 34.1 Å². The minimum Gasteiger partial charge on any atom is -0.472 e. The van der Waals surface area contributed by atoms with Gasteiger partial charge in [-0.15, -0.1) is 0 Å². The maximum absolute atomic E-state index is 14.9. The van der Waals surface area contributed by atoms with Gasteiger partial charge in [-0.25, -0.2) is 13.4 Å². The molecule has 2 aliphatic heterocycles. The lowest BCUT2D eigenvalue weighted by Gasteiger charge is -2.36. The molecule has 0 spiro atoms. The summed E-state index contributed by atoms with van der Waals surface area (Å²) < 4.78 is 34.7. The number of pyridine rings is 1. The predicted molar refractivity (Wildman–Crippen MR) is 215 cm³/mol. The van der Waals surface area contributed by atoms with E-state index in [0.717, 1.165) is 44.9 Å². The Morgan fingerprint density at radius 3 is 2.37 bits per heavy atom. The second-order valence-electron chi connectivity index (χ2n) is 17.4. The number of nitrogens with zero attached hydrogens (tertiary/aromatic N) is 3. The van der Waals surface area contributed by atoms with Crippen molar-refractivity contribution in [3.05, 3.63) is 53.2 Å². The van der Waals surface area contributed by atoms with Crippen LogP contribution in [0.2, 0.25) is 5.02 Å². The summed E-state index contributed by atoms with van der Waals surface area (Å²) in [6.07, 6.45) is 8.01. The van der Waals surface area contributed by atoms with Crippen molar-refractivity contribution >= 4 is 56.5 Å². The number of amidine groups is 1. The average molecular weight is 823 g/mol. The standard InChI is InChI=1S/C43H55ClN4O8S/c1-5-11-28(40(52)36(51)20-26-16-17-26)21-34(49)33-22-30(56-38-19-18-29(44)24-45-38)25-48(33)42(53)32(43(2,3)4)23-35(50)39(27-12-7-6-8-13-27)46-41-31-14-9-10-15-37(31)57(54,55)47-41/h9-10,14-15,18-19,24,26-28,30,32-33,39H,5-8,11-13,16-17,20-23,25H2,1-4H3,(H,46,47)/t28?,30-,32-,33+,39+/m1/s1. The molecule has 14 heteroatoms. The summed E-state index contributed by atoms with van der Waals surface area (Å²) >= 11 is 6.05. The van der Waals surface area contributed by atoms with Gasteiger partial charge in [-0.1, -0.05) is 77.1 Å². The monoisotopic (exact) mass is 822 g/mol. The summed E-state index contributed by atoms with van der Waals surface area (Å²) in [4.78, 5) is 80.8. The number of likely N-dealkylation sites (tertiary alicyclic amines) is 1. The molecule has 2 aliphatic carbocycles. The molecule has 0 bridgehead atoms. The molecular weight excluding hydrogens is 768 g/mol. The molecule has 3 heterocycles. The summed E-state index contributed by atoms with van der Waals surface area (Å²) in [5.41, 5.74) is -0.332. The van der Waals surface area contributed by atoms with E-state index in [1.807, 2.05) is 27.7 Å². The number of aliphatic imine (C=N–C) groups is 1. The number of amides is 1. The number of aromatic nitrogens is 1. The summed E-state index contributed by atoms with van der Waals surface area (Å²) in [5, 5.41) is 0.422. The molecule has 5 atom stereocenters. The van der Waals surface area contributed by atoms with Gasteiger partial charge < -0.3 is 9.64 Å². The molecule has 4 aliphatic rings. The molecule has 2 aromatic rings. The van der Waals surface area contributed by atoms with Crippen LogP contribution in [0.1, 0.15) is 117 Å². The number of sulfonamides is 1. The fourth-order valence-corrected chi connectivity index (χ4v) is 9.90. The van der Waals surface area contributed by atoms with Crippen LogP contribution in [-0.2, 0) is 34.0 Å². The third-order valence-corrected chi connectivity index (χ3v) is 13.5. The van der Waals surface area contributed by atoms with Gasteiger partial charge in [-0.05, 0) is 67.6 Å². The smallest absolute Gasteiger partial charge is 0.263 e. The van der Waals surface area contributed by atoms with E-state index in [4.69, 9.17) is 21.3 Å². The lowest BCUT2D eigenvalue weighted by atomic mass is 9.74. The summed E-state index contributed by atoms with van der Waals surface area (Å²) in [5.74, 6) is -3.10. The van der Waals surface area contributed by atoms with E-state index >= 15 is 0 Å². The van der Waals surface area contributed by atoms with E-state index < -0.39 is 62.9 Å². The zero-order chi connectivity index (χ0) is 41.1. The average Bonchev–Trinajstić information content (AvgIpc) is 3.83. The van der Waals surface area contributed by atoms with Gasteiger partial charge in [-0.2, -0.15) is 0 Å². The summed E-state index contributed by atoms with van der Waals surface area (Å²) in [6, 6.07) is 7.93. The summed E-state index contributed by atoms with van der Waals surface area (Å²) in [6.45, 7) is 7.59. The van der Waals surface area contributed by atoms with Crippen molar-refractivity contribution in [1.29, 1.82) is 0 Å². The molecule has 308 valence electrons. The Labute approximate surface area is 341 Å². The SMILES string of the molecule is CCCC(CC(=O)[C@@H]1C[C@@H](Oc2ccc(Cl)cn2)CN1C(=O)[C@@H](CC(=O)[C@@H](N=C1NS(=O)(=O)c2ccccc21)C1CCCCC1)C(C)(C)C)C(=O)C(=O)CC1CC1. The number of hydrogen-bond acceptors (Lipinski definition) is 10. The third-order valence-electron chi connectivity index (χ3n) is 11.9. The van der Waals surface area contributed by atoms with Gasteiger partial charge in [0.1, 0.15) is 18.0 Å². The first kappa shape index (κ1) is 42.6. The van der Waals surface area contributed by atoms with E-state index in [9.17, 15) is 32.4 Å². The second kappa shape index (κ2) is 17.9. The largest absolute Gasteiger partial charge is 0.472 e. The van der Waals surface area contributed by atoms with Crippen LogP contribution in [0, 0.1) is 29.1 Å². The number of fused-ring (bicyclic) bond motifs is 1. The van der Waals surface area contributed by atoms with Crippen LogP contribution in [0.15, 0.2) is 52.5 Å². The highest BCUT2D eigenvalue weighted by atomic mass is 35.5. The molecule has 12 nitrogen and oxygen atoms in total. The maximum Gasteiger partial charge on any atom is 0.263 e. The molecule has 1 saturated heterocycles. The molecule has 1 aromatic heterocycles. The Morgan fingerprint density at radius 1 is 1.00 bits per heavy atom. The zero-order valence-corrected chi connectivity index (χ0v) is 34.9. The second-order valence-corrected chi connectivity index (χ2v) is 19.5. The van der Waals surface area contributed by atoms with Gasteiger partial charge in [-0.3, -0.25) is 33.7 Å². The van der Waals surface area contributed by atoms with Crippen molar-refractivity contribution < 1.29 is 37.1 Å². The van der Waals surface area contributed by atoms with Crippen LogP contribution in [0.5, 0.6) is 5.88 Å². The molecule has 0 radical (unpaired) electrons. The number of nitrogens with one attached hydrogen (secondary N) is 1. The van der Waals surface area contributed by atoms with Crippen LogP contribution in [0.25, 0.3) is 0 Å². The van der Waals surface area contributed by atoms with Gasteiger partial charge in [0.15, 0.2) is 17.3 Å². The van der Waals surface area contributed by atoms with E-state index in [-0.39, 0.29) is 72.2 Å². The normalized spacial score (nSPS) is 23.0. The van der Waals surface area contributed by atoms with E-state index in [1.54, 1.807) is 30.3 Å². The van der Waals surface area contributed by atoms with Crippen molar-refractivity contribution in [2.45, 2.75) is 134 Å². The molecule has 3 fully saturated rings. The number of ether oxygens (including phenoxy) is 1. The number of rotatable bonds is 17. The first-order valence-electron chi connectivity index (χ1n) is 20.5. The topological polar surface area (TPSA) is 169 Å². The highest BCUT2D eigenvalue weighted by Crippen LogP contribution is 2.38. The Balaban J connectivity index is 1.28. The first-order chi connectivity index (χ1) is 27.0. The van der Waals surface area contributed by atoms with Crippen LogP contribution in [0.3, 0.4) is 0 Å². The number of carbonyl (C=O) groups excluding carboxylic acids is 5. The van der Waals surface area contributed by atoms with Crippen LogP contribution in [0.4, 0.5) is 0 Å². The number of halogens is 1. The van der Waals surface area contributed by atoms with Crippen molar-refractivity contribution in [3.63, 3.8) is 0 Å². The Kier molecular flexibility index (Phi) is 13.4. The van der Waals surface area contributed by atoms with Crippen LogP contribution >= 0.6 is 11.6 Å². The molecule has 2 saturated carbocycles. The van der Waals surface area contributed by atoms with Gasteiger partial charge in [0.2, 0.25) is 17.6 Å². The fraction of sp³-hybridized carbons (Fsp3) is 0.605. The molecule has 57 heavy (non-hydrogen) atoms. The lowest BCUT2D eigenvalue weighted by molar-refractivity contribution is -0.147. The molecule has 1 N–H and O–H groups in total. The molecule has 6 rings (SSSR count). The van der Waals surface area contributed by atoms with Crippen molar-refractivity contribution in [3.8, 4) is 5.88 Å². The van der Waals surface area contributed by atoms with Gasteiger partial charge >= 0.3 is 0 Å². The fourth-order valence-electron chi connectivity index (χ4n) is 8.55. The van der Waals surface area contributed by atoms with Gasteiger partial charge in [0, 0.05) is 55.3 Å². The number of ketones is 4. The van der Waals surface area contributed by atoms with Crippen molar-refractivity contribution in [2.75, 3.05) is 6.54 Å². The van der Waals surface area contributed by atoms with E-state index in [0.29, 0.717) is 23.4 Å². The van der Waals surface area contributed by atoms with Gasteiger partial charge in [0.25, 0.3) is 10.0 Å². The number of hydrogen-bond donors (Lipinski definition) is 1. The molecule has 1 unspecified atom stereocenters. The minimum atomic E-state index is -3.85. The zero-order valence-electron chi connectivity index (χ0n) is 33.4. The Morgan fingerprint density at radius 2 is 1.72 bits per heavy atom. The molecule has 1 amide bonds. The number of Topliss-reactive ketones (excluding diaryl/α,β-unsaturated/α-hetero) is 4. The first-order valence-corrected chi connectivity index (χ1v) is 22.3. The highest BCUT2D eigenvalue weighted by molar-refractivity contribution is 7.90. The predicted octanol–water partition coefficient (Wildman–Crippen LogP) is 6.71. The minimum absolute atomic E-state index is 0.0419. The van der Waals surface area contributed by atoms with Crippen molar-refractivity contribution in [1.82, 2.24) is 14.6 Å². The highest BCUT2D eigenvalue weighted by Gasteiger charge is 2.47. The summed E-state index contributed by atoms with van der Waals surface area (Å²) in [7, 11) is -3.85. The Bertz CT molecular complexity index is 1990. The van der Waals surface area contributed by atoms with E-state index in [1.165, 1.54) is 17.2 Å². The van der Waals surface area contributed by atoms with E-state index in [2.05, 4.69) is 9.71 Å². The Hall–Kier alpha value is -3.97. The van der Waals surface area contributed by atoms with Crippen LogP contribution < -0.4 is 9.46 Å². The third kappa shape index (κ3) is 10.4.